The Kier molecular flexibility index (Phi) is 2.94. The number of phenols is 1. The molecule has 64 valence electrons. The van der Waals surface area contributed by atoms with E-state index in [2.05, 4.69) is 15.9 Å². The lowest BCUT2D eigenvalue weighted by Crippen LogP contribution is -1.99. The van der Waals surface area contributed by atoms with Crippen LogP contribution in [0.25, 0.3) is 0 Å². The van der Waals surface area contributed by atoms with Crippen LogP contribution in [-0.4, -0.2) is 16.2 Å². The first-order valence-electron chi connectivity index (χ1n) is 2.94. The van der Waals surface area contributed by atoms with Gasteiger partial charge < -0.3 is 10.2 Å². The van der Waals surface area contributed by atoms with Crippen LogP contribution in [0.5, 0.6) is 5.75 Å². The third-order valence-electron chi connectivity index (χ3n) is 1.30. The van der Waals surface area contributed by atoms with E-state index >= 15 is 0 Å². The van der Waals surface area contributed by atoms with Gasteiger partial charge in [-0.05, 0) is 50.7 Å². The number of carboxylic acids is 1. The predicted octanol–water partition coefficient (Wildman–Crippen LogP) is 2.46. The molecule has 0 spiro atoms. The van der Waals surface area contributed by atoms with Crippen molar-refractivity contribution in [3.8, 4) is 5.75 Å². The Balaban J connectivity index is 3.36. The zero-order chi connectivity index (χ0) is 9.30. The lowest BCUT2D eigenvalue weighted by Gasteiger charge is -2.02. The molecule has 0 amide bonds. The molecule has 0 saturated carbocycles. The summed E-state index contributed by atoms with van der Waals surface area (Å²) in [6.45, 7) is 0. The molecule has 0 fully saturated rings. The second-order valence-corrected chi connectivity index (χ2v) is 4.00. The Labute approximate surface area is 90.7 Å². The van der Waals surface area contributed by atoms with E-state index in [4.69, 9.17) is 5.11 Å². The number of carboxylic acid groups (broad SMARTS) is 1. The summed E-state index contributed by atoms with van der Waals surface area (Å²) in [5, 5.41) is 18.0. The lowest BCUT2D eigenvalue weighted by molar-refractivity contribution is 0.0695. The summed E-state index contributed by atoms with van der Waals surface area (Å²) in [6.07, 6.45) is 0. The van der Waals surface area contributed by atoms with Gasteiger partial charge in [0.05, 0.1) is 13.6 Å². The molecule has 3 nitrogen and oxygen atoms in total. The minimum absolute atomic E-state index is 0.0319. The molecule has 0 aliphatic rings. The fourth-order valence-corrected chi connectivity index (χ4v) is 2.11. The van der Waals surface area contributed by atoms with E-state index in [0.29, 0.717) is 8.04 Å². The van der Waals surface area contributed by atoms with Crippen LogP contribution >= 0.6 is 38.5 Å². The molecule has 1 aromatic rings. The molecule has 0 radical (unpaired) electrons. The molecule has 1 rings (SSSR count). The van der Waals surface area contributed by atoms with Crippen molar-refractivity contribution < 1.29 is 15.0 Å². The van der Waals surface area contributed by atoms with Crippen molar-refractivity contribution in [1.82, 2.24) is 0 Å². The Morgan fingerprint density at radius 3 is 2.58 bits per heavy atom. The monoisotopic (exact) mass is 342 g/mol. The summed E-state index contributed by atoms with van der Waals surface area (Å²) in [6, 6.07) is 2.94. The third-order valence-corrected chi connectivity index (χ3v) is 3.03. The van der Waals surface area contributed by atoms with Gasteiger partial charge in [-0.3, -0.25) is 0 Å². The first-order valence-corrected chi connectivity index (χ1v) is 4.81. The Bertz CT molecular complexity index is 338. The van der Waals surface area contributed by atoms with Gasteiger partial charge >= 0.3 is 5.97 Å². The molecule has 0 aliphatic carbocycles. The summed E-state index contributed by atoms with van der Waals surface area (Å²) in [5.41, 5.74) is 0.108. The number of hydrogen-bond acceptors (Lipinski definition) is 2. The van der Waals surface area contributed by atoms with E-state index in [1.807, 2.05) is 0 Å². The van der Waals surface area contributed by atoms with Gasteiger partial charge in [-0.25, -0.2) is 4.79 Å². The van der Waals surface area contributed by atoms with E-state index in [1.54, 1.807) is 22.6 Å². The van der Waals surface area contributed by atoms with Gasteiger partial charge in [-0.1, -0.05) is 0 Å². The van der Waals surface area contributed by atoms with Crippen molar-refractivity contribution in [1.29, 1.82) is 0 Å². The van der Waals surface area contributed by atoms with Crippen molar-refractivity contribution in [2.24, 2.45) is 0 Å². The molecule has 0 saturated heterocycles. The highest BCUT2D eigenvalue weighted by atomic mass is 127. The van der Waals surface area contributed by atoms with E-state index in [9.17, 15) is 9.90 Å². The Hall–Kier alpha value is -0.300. The third kappa shape index (κ3) is 1.71. The van der Waals surface area contributed by atoms with Crippen molar-refractivity contribution in [3.05, 3.63) is 25.7 Å². The van der Waals surface area contributed by atoms with Crippen LogP contribution in [0.1, 0.15) is 10.4 Å². The van der Waals surface area contributed by atoms with E-state index in [-0.39, 0.29) is 11.3 Å². The number of phenolic OH excluding ortho intramolecular Hbond substituents is 1. The van der Waals surface area contributed by atoms with Crippen LogP contribution in [0.15, 0.2) is 16.6 Å². The lowest BCUT2D eigenvalue weighted by atomic mass is 10.2. The highest BCUT2D eigenvalue weighted by Gasteiger charge is 2.13. The fourth-order valence-electron chi connectivity index (χ4n) is 0.706. The van der Waals surface area contributed by atoms with Crippen LogP contribution in [0.3, 0.4) is 0 Å². The zero-order valence-electron chi connectivity index (χ0n) is 5.71. The SMILES string of the molecule is O=C(O)c1ccc(Br)c(O)c1I. The highest BCUT2D eigenvalue weighted by Crippen LogP contribution is 2.31. The van der Waals surface area contributed by atoms with Gasteiger partial charge in [-0.2, -0.15) is 0 Å². The highest BCUT2D eigenvalue weighted by molar-refractivity contribution is 14.1. The smallest absolute Gasteiger partial charge is 0.336 e. The van der Waals surface area contributed by atoms with Gasteiger partial charge in [0.25, 0.3) is 0 Å². The number of benzene rings is 1. The normalized spacial score (nSPS) is 9.83. The minimum atomic E-state index is -1.04. The fraction of sp³-hybridized carbons (Fsp3) is 0. The summed E-state index contributed by atoms with van der Waals surface area (Å²) < 4.78 is 0.839. The topological polar surface area (TPSA) is 57.5 Å². The number of aromatic carboxylic acids is 1. The molecule has 12 heavy (non-hydrogen) atoms. The van der Waals surface area contributed by atoms with E-state index in [1.165, 1.54) is 12.1 Å². The molecule has 0 unspecified atom stereocenters. The number of carbonyl (C=O) groups is 1. The predicted molar refractivity (Wildman–Crippen MR) is 55.5 cm³/mol. The molecule has 1 aromatic carbocycles. The maximum Gasteiger partial charge on any atom is 0.336 e. The van der Waals surface area contributed by atoms with Crippen LogP contribution in [-0.2, 0) is 0 Å². The summed E-state index contributed by atoms with van der Waals surface area (Å²) >= 11 is 4.87. The van der Waals surface area contributed by atoms with Crippen LogP contribution < -0.4 is 0 Å². The van der Waals surface area contributed by atoms with Gasteiger partial charge in [0, 0.05) is 0 Å². The summed E-state index contributed by atoms with van der Waals surface area (Å²) in [5.74, 6) is -1.07. The first kappa shape index (κ1) is 9.79. The molecule has 0 atom stereocenters. The zero-order valence-corrected chi connectivity index (χ0v) is 9.46. The number of halogens is 2. The average Bonchev–Trinajstić information content (AvgIpc) is 2.00. The van der Waals surface area contributed by atoms with Crippen LogP contribution in [0, 0.1) is 3.57 Å². The number of aromatic hydroxyl groups is 1. The van der Waals surface area contributed by atoms with Gasteiger partial charge in [0.2, 0.25) is 0 Å². The van der Waals surface area contributed by atoms with Crippen LogP contribution in [0.2, 0.25) is 0 Å². The van der Waals surface area contributed by atoms with Crippen molar-refractivity contribution in [3.63, 3.8) is 0 Å². The maximum atomic E-state index is 10.6. The summed E-state index contributed by atoms with van der Waals surface area (Å²) in [7, 11) is 0. The van der Waals surface area contributed by atoms with Gasteiger partial charge in [-0.15, -0.1) is 0 Å². The number of rotatable bonds is 1. The molecule has 2 N–H and O–H groups in total. The molecular formula is C7H4BrIO3. The Morgan fingerprint density at radius 2 is 2.08 bits per heavy atom. The summed E-state index contributed by atoms with van der Waals surface area (Å²) in [4.78, 5) is 10.6. The standard InChI is InChI=1S/C7H4BrIO3/c8-4-2-1-3(7(11)12)5(9)6(4)10/h1-2,10H,(H,11,12). The molecule has 0 heterocycles. The van der Waals surface area contributed by atoms with Crippen molar-refractivity contribution >= 4 is 44.5 Å². The van der Waals surface area contributed by atoms with E-state index in [0.717, 1.165) is 0 Å². The van der Waals surface area contributed by atoms with Crippen molar-refractivity contribution in [2.75, 3.05) is 0 Å². The number of hydrogen-bond donors (Lipinski definition) is 2. The van der Waals surface area contributed by atoms with E-state index < -0.39 is 5.97 Å². The van der Waals surface area contributed by atoms with Gasteiger partial charge in [0.15, 0.2) is 0 Å². The molecule has 0 aromatic heterocycles. The molecule has 0 aliphatic heterocycles. The molecular weight excluding hydrogens is 339 g/mol. The van der Waals surface area contributed by atoms with Crippen molar-refractivity contribution in [2.45, 2.75) is 0 Å². The largest absolute Gasteiger partial charge is 0.506 e. The second kappa shape index (κ2) is 3.61. The van der Waals surface area contributed by atoms with Gasteiger partial charge in [0.1, 0.15) is 5.75 Å². The average molecular weight is 343 g/mol. The minimum Gasteiger partial charge on any atom is -0.506 e. The quantitative estimate of drug-likeness (QED) is 0.771. The maximum absolute atomic E-state index is 10.6. The second-order valence-electron chi connectivity index (χ2n) is 2.06. The molecule has 0 bridgehead atoms. The van der Waals surface area contributed by atoms with Crippen LogP contribution in [0.4, 0.5) is 0 Å². The Morgan fingerprint density at radius 1 is 1.50 bits per heavy atom. The molecule has 5 heteroatoms. The first-order chi connectivity index (χ1) is 5.54.